The molecule has 1 fully saturated rings. The lowest BCUT2D eigenvalue weighted by Gasteiger charge is -2.36. The van der Waals surface area contributed by atoms with Gasteiger partial charge in [0.15, 0.2) is 12.4 Å². The topological polar surface area (TPSA) is 140 Å². The quantitative estimate of drug-likeness (QED) is 0.248. The maximum absolute atomic E-state index is 10.4. The second-order valence-corrected chi connectivity index (χ2v) is 9.87. The highest BCUT2D eigenvalue weighted by atomic mass is 16.6. The molecule has 1 aliphatic heterocycles. The second kappa shape index (κ2) is 15.4. The van der Waals surface area contributed by atoms with Crippen LogP contribution in [-0.2, 0) is 9.53 Å². The number of benzene rings is 3. The number of aliphatic carboxylic acids is 1. The molecule has 5 N–H and O–H groups in total. The Hall–Kier alpha value is -3.57. The van der Waals surface area contributed by atoms with E-state index in [1.165, 1.54) is 27.8 Å². The summed E-state index contributed by atoms with van der Waals surface area (Å²) in [4.78, 5) is 12.5. The van der Waals surface area contributed by atoms with Crippen LogP contribution in [0.4, 0.5) is 0 Å². The molecule has 9 heteroatoms. The zero-order valence-electron chi connectivity index (χ0n) is 23.5. The molecule has 220 valence electrons. The van der Waals surface area contributed by atoms with Crippen molar-refractivity contribution >= 4 is 17.1 Å². The van der Waals surface area contributed by atoms with E-state index >= 15 is 0 Å². The summed E-state index contributed by atoms with van der Waals surface area (Å²) >= 11 is 0. The summed E-state index contributed by atoms with van der Waals surface area (Å²) in [7, 11) is 4.11. The van der Waals surface area contributed by atoms with Crippen LogP contribution in [-0.4, -0.2) is 94.4 Å². The van der Waals surface area contributed by atoms with Crippen molar-refractivity contribution in [2.24, 2.45) is 0 Å². The third kappa shape index (κ3) is 8.71. The van der Waals surface area contributed by atoms with E-state index in [1.54, 1.807) is 0 Å². The summed E-state index contributed by atoms with van der Waals surface area (Å²) in [5, 5.41) is 44.4. The van der Waals surface area contributed by atoms with Crippen molar-refractivity contribution in [2.45, 2.75) is 44.1 Å². The number of hydrogen-bond donors (Lipinski definition) is 5. The van der Waals surface area contributed by atoms with E-state index in [0.717, 1.165) is 18.7 Å². The van der Waals surface area contributed by atoms with Crippen molar-refractivity contribution < 1.29 is 39.8 Å². The highest BCUT2D eigenvalue weighted by Crippen LogP contribution is 2.34. The first-order chi connectivity index (χ1) is 19.6. The first-order valence-corrected chi connectivity index (χ1v) is 13.5. The van der Waals surface area contributed by atoms with Gasteiger partial charge in [-0.05, 0) is 60.5 Å². The monoisotopic (exact) mass is 565 g/mol. The van der Waals surface area contributed by atoms with Gasteiger partial charge in [-0.3, -0.25) is 0 Å². The van der Waals surface area contributed by atoms with Crippen LogP contribution in [0.2, 0.25) is 0 Å². The Balaban J connectivity index is 0.000000298. The van der Waals surface area contributed by atoms with E-state index < -0.39 is 36.7 Å². The molecule has 3 aromatic rings. The summed E-state index contributed by atoms with van der Waals surface area (Å²) < 4.78 is 10.2. The average molecular weight is 566 g/mol. The van der Waals surface area contributed by atoms with Crippen LogP contribution >= 0.6 is 0 Å². The Labute approximate surface area is 240 Å². The molecule has 1 aliphatic rings. The van der Waals surface area contributed by atoms with E-state index in [2.05, 4.69) is 116 Å². The van der Waals surface area contributed by atoms with Gasteiger partial charge in [-0.25, -0.2) is 4.79 Å². The summed E-state index contributed by atoms with van der Waals surface area (Å²) in [5.41, 5.74) is 6.37. The zero-order chi connectivity index (χ0) is 29.9. The summed E-state index contributed by atoms with van der Waals surface area (Å²) in [5.74, 6) is -0.603. The number of carbonyl (C=O) groups is 1. The minimum Gasteiger partial charge on any atom is -0.492 e. The first-order valence-electron chi connectivity index (χ1n) is 13.5. The number of aliphatic hydroxyl groups excluding tert-OH is 4. The van der Waals surface area contributed by atoms with Crippen LogP contribution in [0.25, 0.3) is 11.1 Å². The van der Waals surface area contributed by atoms with Crippen LogP contribution in [0.1, 0.15) is 30.0 Å². The molecule has 5 atom stereocenters. The number of hydrogen-bond acceptors (Lipinski definition) is 8. The van der Waals surface area contributed by atoms with Gasteiger partial charge in [0.1, 0.15) is 30.7 Å². The van der Waals surface area contributed by atoms with Crippen molar-refractivity contribution in [3.05, 3.63) is 102 Å². The van der Waals surface area contributed by atoms with Gasteiger partial charge in [0.2, 0.25) is 0 Å². The van der Waals surface area contributed by atoms with E-state index in [0.29, 0.717) is 6.61 Å². The molecule has 9 nitrogen and oxygen atoms in total. The smallest absolute Gasteiger partial charge is 0.335 e. The molecule has 0 amide bonds. The Morgan fingerprint density at radius 3 is 1.83 bits per heavy atom. The van der Waals surface area contributed by atoms with E-state index in [9.17, 15) is 4.79 Å². The maximum atomic E-state index is 10.4. The Bertz CT molecular complexity index is 1250. The molecule has 0 spiro atoms. The fourth-order valence-electron chi connectivity index (χ4n) is 4.41. The molecule has 4 rings (SSSR count). The molecular weight excluding hydrogens is 526 g/mol. The van der Waals surface area contributed by atoms with Gasteiger partial charge in [0.05, 0.1) is 0 Å². The second-order valence-electron chi connectivity index (χ2n) is 9.87. The normalized spacial score (nSPS) is 22.8. The molecule has 0 saturated carbocycles. The number of aliphatic hydroxyl groups is 4. The molecule has 1 heterocycles. The number of allylic oxidation sites excluding steroid dienone is 1. The number of likely N-dealkylation sites (N-methyl/N-ethyl adjacent to an activating group) is 1. The predicted octanol–water partition coefficient (Wildman–Crippen LogP) is 2.87. The molecular formula is C32H39NO8. The van der Waals surface area contributed by atoms with E-state index in [-0.39, 0.29) is 0 Å². The predicted molar refractivity (Wildman–Crippen MR) is 156 cm³/mol. The fourth-order valence-corrected chi connectivity index (χ4v) is 4.41. The number of carboxylic acid groups (broad SMARTS) is 1. The molecule has 3 aromatic carbocycles. The minimum atomic E-state index is -1.81. The van der Waals surface area contributed by atoms with Crippen LogP contribution in [0.15, 0.2) is 84.9 Å². The Kier molecular flexibility index (Phi) is 12.0. The summed E-state index contributed by atoms with van der Waals surface area (Å²) in [6, 6.07) is 29.8. The van der Waals surface area contributed by atoms with Crippen LogP contribution in [0.5, 0.6) is 5.75 Å². The SMILES string of the molecule is CC/C(=C(\c1ccccc1)c1ccc(OCCN(C)C)cc1)c1ccccc1.O=C(O)[C@H]1OC(O)[C@H](O)[C@@H](O)[C@@H]1O. The average Bonchev–Trinajstić information content (AvgIpc) is 2.98. The van der Waals surface area contributed by atoms with Crippen molar-refractivity contribution in [3.8, 4) is 5.75 Å². The molecule has 0 bridgehead atoms. The van der Waals surface area contributed by atoms with Gasteiger partial charge >= 0.3 is 5.97 Å². The summed E-state index contributed by atoms with van der Waals surface area (Å²) in [6.07, 6.45) is -7.76. The number of ether oxygens (including phenoxy) is 2. The number of nitrogens with zero attached hydrogens (tertiary/aromatic N) is 1. The van der Waals surface area contributed by atoms with Crippen LogP contribution in [0, 0.1) is 0 Å². The lowest BCUT2D eigenvalue weighted by molar-refractivity contribution is -0.279. The summed E-state index contributed by atoms with van der Waals surface area (Å²) in [6.45, 7) is 3.83. The number of carboxylic acids is 1. The molecule has 1 saturated heterocycles. The van der Waals surface area contributed by atoms with Crippen molar-refractivity contribution in [3.63, 3.8) is 0 Å². The van der Waals surface area contributed by atoms with Gasteiger partial charge < -0.3 is 39.9 Å². The van der Waals surface area contributed by atoms with Gasteiger partial charge in [-0.15, -0.1) is 0 Å². The highest BCUT2D eigenvalue weighted by molar-refractivity contribution is 5.98. The third-order valence-corrected chi connectivity index (χ3v) is 6.62. The largest absolute Gasteiger partial charge is 0.492 e. The lowest BCUT2D eigenvalue weighted by atomic mass is 9.88. The Morgan fingerprint density at radius 2 is 1.32 bits per heavy atom. The molecule has 0 radical (unpaired) electrons. The van der Waals surface area contributed by atoms with Crippen LogP contribution < -0.4 is 4.74 Å². The number of rotatable bonds is 9. The highest BCUT2D eigenvalue weighted by Gasteiger charge is 2.46. The standard InChI is InChI=1S/C26H29NO.C6H10O7/c1-4-25(21-11-7-5-8-12-21)26(22-13-9-6-10-14-22)23-15-17-24(18-16-23)28-20-19-27(2)3;7-1-2(8)4(5(10)11)13-6(12)3(1)9/h5-18H,4,19-20H2,1-3H3;1-4,6-9,12H,(H,10,11)/b26-25-;/t;1-,2-,3+,4-,6?/m.0/s1. The first kappa shape index (κ1) is 32.0. The third-order valence-electron chi connectivity index (χ3n) is 6.62. The van der Waals surface area contributed by atoms with Crippen molar-refractivity contribution in [1.29, 1.82) is 0 Å². The zero-order valence-corrected chi connectivity index (χ0v) is 23.5. The van der Waals surface area contributed by atoms with Gasteiger partial charge in [-0.2, -0.15) is 0 Å². The maximum Gasteiger partial charge on any atom is 0.335 e. The minimum absolute atomic E-state index is 0.692. The molecule has 41 heavy (non-hydrogen) atoms. The molecule has 0 aliphatic carbocycles. The van der Waals surface area contributed by atoms with Gasteiger partial charge in [0.25, 0.3) is 0 Å². The van der Waals surface area contributed by atoms with Gasteiger partial charge in [-0.1, -0.05) is 79.7 Å². The van der Waals surface area contributed by atoms with Crippen molar-refractivity contribution in [1.82, 2.24) is 4.90 Å². The fraction of sp³-hybridized carbons (Fsp3) is 0.344. The lowest BCUT2D eigenvalue weighted by Crippen LogP contribution is -2.59. The van der Waals surface area contributed by atoms with Gasteiger partial charge in [0, 0.05) is 6.54 Å². The molecule has 0 aromatic heterocycles. The Morgan fingerprint density at radius 1 is 0.780 bits per heavy atom. The van der Waals surface area contributed by atoms with Crippen molar-refractivity contribution in [2.75, 3.05) is 27.2 Å². The molecule has 1 unspecified atom stereocenters. The van der Waals surface area contributed by atoms with E-state index in [1.807, 2.05) is 0 Å². The van der Waals surface area contributed by atoms with Crippen LogP contribution in [0.3, 0.4) is 0 Å². The van der Waals surface area contributed by atoms with E-state index in [4.69, 9.17) is 30.3 Å².